The summed E-state index contributed by atoms with van der Waals surface area (Å²) < 4.78 is 0. The number of carbonyl (C=O) groups excluding carboxylic acids is 1. The summed E-state index contributed by atoms with van der Waals surface area (Å²) >= 11 is 6.21. The quantitative estimate of drug-likeness (QED) is 0.815. The second-order valence-corrected chi connectivity index (χ2v) is 5.91. The van der Waals surface area contributed by atoms with E-state index in [4.69, 9.17) is 17.3 Å². The Kier molecular flexibility index (Phi) is 5.99. The molecule has 0 saturated carbocycles. The van der Waals surface area contributed by atoms with E-state index in [0.29, 0.717) is 10.6 Å². The van der Waals surface area contributed by atoms with Crippen LogP contribution < -0.4 is 11.1 Å². The molecule has 1 aromatic carbocycles. The fraction of sp³-hybridized carbons (Fsp3) is 0.533. The van der Waals surface area contributed by atoms with Crippen LogP contribution in [0.5, 0.6) is 0 Å². The number of likely N-dealkylation sites (N-methyl/N-ethyl adjacent to an activating group) is 1. The van der Waals surface area contributed by atoms with Gasteiger partial charge in [0, 0.05) is 56.4 Å². The molecule has 0 atom stereocenters. The summed E-state index contributed by atoms with van der Waals surface area (Å²) in [5.41, 5.74) is 6.71. The van der Waals surface area contributed by atoms with Crippen molar-refractivity contribution in [1.82, 2.24) is 15.1 Å². The normalized spacial score (nSPS) is 16.3. The van der Waals surface area contributed by atoms with Crippen LogP contribution in [0.25, 0.3) is 0 Å². The predicted octanol–water partition coefficient (Wildman–Crippen LogP) is 0.776. The van der Waals surface area contributed by atoms with Gasteiger partial charge >= 0.3 is 0 Å². The molecule has 1 fully saturated rings. The molecular formula is C15H23ClN4O. The number of carbonyl (C=O) groups is 1. The van der Waals surface area contributed by atoms with E-state index in [9.17, 15) is 4.79 Å². The number of hydrogen-bond donors (Lipinski definition) is 2. The van der Waals surface area contributed by atoms with E-state index in [2.05, 4.69) is 22.2 Å². The van der Waals surface area contributed by atoms with Crippen molar-refractivity contribution in [2.75, 3.05) is 46.3 Å². The van der Waals surface area contributed by atoms with Gasteiger partial charge in [0.15, 0.2) is 0 Å². The first kappa shape index (κ1) is 16.2. The van der Waals surface area contributed by atoms with Crippen molar-refractivity contribution in [3.63, 3.8) is 0 Å². The summed E-state index contributed by atoms with van der Waals surface area (Å²) in [6.07, 6.45) is 0. The first-order valence-corrected chi connectivity index (χ1v) is 7.64. The maximum atomic E-state index is 11.1. The minimum Gasteiger partial charge on any atom is -0.366 e. The topological polar surface area (TPSA) is 61.6 Å². The Morgan fingerprint density at radius 1 is 1.43 bits per heavy atom. The van der Waals surface area contributed by atoms with Gasteiger partial charge in [0.05, 0.1) is 0 Å². The zero-order valence-corrected chi connectivity index (χ0v) is 13.2. The highest BCUT2D eigenvalue weighted by atomic mass is 35.5. The third-order valence-electron chi connectivity index (χ3n) is 3.79. The van der Waals surface area contributed by atoms with E-state index < -0.39 is 5.91 Å². The van der Waals surface area contributed by atoms with Gasteiger partial charge in [0.1, 0.15) is 0 Å². The molecule has 1 saturated heterocycles. The number of nitrogens with two attached hydrogens (primary N) is 1. The van der Waals surface area contributed by atoms with Crippen LogP contribution in [0.3, 0.4) is 0 Å². The van der Waals surface area contributed by atoms with E-state index in [0.717, 1.165) is 51.4 Å². The second-order valence-electron chi connectivity index (χ2n) is 5.50. The fourth-order valence-corrected chi connectivity index (χ4v) is 2.69. The van der Waals surface area contributed by atoms with E-state index in [1.54, 1.807) is 12.1 Å². The second kappa shape index (κ2) is 7.75. The Morgan fingerprint density at radius 3 is 2.76 bits per heavy atom. The van der Waals surface area contributed by atoms with Crippen LogP contribution in [-0.4, -0.2) is 62.0 Å². The van der Waals surface area contributed by atoms with Gasteiger partial charge in [0.2, 0.25) is 5.91 Å². The lowest BCUT2D eigenvalue weighted by molar-refractivity contribution is 0.100. The molecule has 0 spiro atoms. The zero-order chi connectivity index (χ0) is 15.2. The molecule has 1 heterocycles. The molecule has 0 unspecified atom stereocenters. The highest BCUT2D eigenvalue weighted by Crippen LogP contribution is 2.19. The van der Waals surface area contributed by atoms with Crippen molar-refractivity contribution < 1.29 is 4.79 Å². The lowest BCUT2D eigenvalue weighted by atomic mass is 10.1. The largest absolute Gasteiger partial charge is 0.366 e. The highest BCUT2D eigenvalue weighted by molar-refractivity contribution is 6.31. The van der Waals surface area contributed by atoms with Crippen molar-refractivity contribution in [2.24, 2.45) is 5.73 Å². The van der Waals surface area contributed by atoms with Crippen molar-refractivity contribution in [1.29, 1.82) is 0 Å². The van der Waals surface area contributed by atoms with Gasteiger partial charge in [-0.1, -0.05) is 17.7 Å². The summed E-state index contributed by atoms with van der Waals surface area (Å²) in [5, 5.41) is 3.95. The molecule has 0 radical (unpaired) electrons. The van der Waals surface area contributed by atoms with E-state index >= 15 is 0 Å². The molecule has 3 N–H and O–H groups in total. The minimum absolute atomic E-state index is 0.449. The molecular weight excluding hydrogens is 288 g/mol. The van der Waals surface area contributed by atoms with Gasteiger partial charge in [-0.05, 0) is 24.7 Å². The van der Waals surface area contributed by atoms with Gasteiger partial charge in [0.25, 0.3) is 0 Å². The van der Waals surface area contributed by atoms with Crippen LogP contribution in [0.4, 0.5) is 0 Å². The Morgan fingerprint density at radius 2 is 2.14 bits per heavy atom. The molecule has 1 aliphatic rings. The predicted molar refractivity (Wildman–Crippen MR) is 85.6 cm³/mol. The van der Waals surface area contributed by atoms with Gasteiger partial charge in [-0.2, -0.15) is 0 Å². The third kappa shape index (κ3) is 4.97. The van der Waals surface area contributed by atoms with Crippen LogP contribution in [-0.2, 0) is 6.54 Å². The molecule has 116 valence electrons. The molecule has 0 aliphatic carbocycles. The molecule has 1 aromatic rings. The Hall–Kier alpha value is -1.14. The number of hydrogen-bond acceptors (Lipinski definition) is 4. The standard InChI is InChI=1S/C15H23ClN4O/c1-19(8-9-20-6-4-18-5-7-20)11-13-3-2-12(15(17)21)10-14(13)16/h2-3,10,18H,4-9,11H2,1H3,(H2,17,21). The van der Waals surface area contributed by atoms with E-state index in [1.165, 1.54) is 0 Å². The SMILES string of the molecule is CN(CCN1CCNCC1)Cc1ccc(C(N)=O)cc1Cl. The molecule has 1 aliphatic heterocycles. The first-order valence-electron chi connectivity index (χ1n) is 7.26. The molecule has 1 amide bonds. The molecule has 0 aromatic heterocycles. The van der Waals surface area contributed by atoms with Crippen LogP contribution in [0, 0.1) is 0 Å². The molecule has 21 heavy (non-hydrogen) atoms. The van der Waals surface area contributed by atoms with Crippen molar-refractivity contribution in [3.05, 3.63) is 34.3 Å². The molecule has 6 heteroatoms. The molecule has 2 rings (SSSR count). The average molecular weight is 311 g/mol. The monoisotopic (exact) mass is 310 g/mol. The van der Waals surface area contributed by atoms with Gasteiger partial charge in [-0.3, -0.25) is 9.69 Å². The number of halogens is 1. The minimum atomic E-state index is -0.449. The Bertz CT molecular complexity index is 489. The molecule has 0 bridgehead atoms. The lowest BCUT2D eigenvalue weighted by Crippen LogP contribution is -2.45. The summed E-state index contributed by atoms with van der Waals surface area (Å²) in [6, 6.07) is 5.25. The van der Waals surface area contributed by atoms with Gasteiger partial charge in [-0.15, -0.1) is 0 Å². The fourth-order valence-electron chi connectivity index (χ4n) is 2.45. The van der Waals surface area contributed by atoms with Crippen LogP contribution in [0.2, 0.25) is 5.02 Å². The average Bonchev–Trinajstić information content (AvgIpc) is 2.48. The highest BCUT2D eigenvalue weighted by Gasteiger charge is 2.11. The van der Waals surface area contributed by atoms with E-state index in [1.807, 2.05) is 6.07 Å². The number of rotatable bonds is 6. The summed E-state index contributed by atoms with van der Waals surface area (Å²) in [4.78, 5) is 15.8. The Balaban J connectivity index is 1.84. The van der Waals surface area contributed by atoms with E-state index in [-0.39, 0.29) is 0 Å². The Labute approximate surface area is 131 Å². The number of primary amides is 1. The van der Waals surface area contributed by atoms with Crippen molar-refractivity contribution in [2.45, 2.75) is 6.54 Å². The van der Waals surface area contributed by atoms with Crippen molar-refractivity contribution >= 4 is 17.5 Å². The summed E-state index contributed by atoms with van der Waals surface area (Å²) in [6.45, 7) is 7.20. The smallest absolute Gasteiger partial charge is 0.248 e. The summed E-state index contributed by atoms with van der Waals surface area (Å²) in [7, 11) is 2.08. The first-order chi connectivity index (χ1) is 10.1. The number of amides is 1. The number of nitrogens with zero attached hydrogens (tertiary/aromatic N) is 2. The van der Waals surface area contributed by atoms with Gasteiger partial charge in [-0.25, -0.2) is 0 Å². The third-order valence-corrected chi connectivity index (χ3v) is 4.14. The molecule has 5 nitrogen and oxygen atoms in total. The van der Waals surface area contributed by atoms with Crippen LogP contribution in [0.15, 0.2) is 18.2 Å². The maximum absolute atomic E-state index is 11.1. The zero-order valence-electron chi connectivity index (χ0n) is 12.4. The lowest BCUT2D eigenvalue weighted by Gasteiger charge is -2.29. The number of nitrogens with one attached hydrogen (secondary N) is 1. The van der Waals surface area contributed by atoms with Crippen LogP contribution >= 0.6 is 11.6 Å². The number of piperazine rings is 1. The van der Waals surface area contributed by atoms with Gasteiger partial charge < -0.3 is 16.0 Å². The number of benzene rings is 1. The van der Waals surface area contributed by atoms with Crippen LogP contribution in [0.1, 0.15) is 15.9 Å². The summed E-state index contributed by atoms with van der Waals surface area (Å²) in [5.74, 6) is -0.449. The van der Waals surface area contributed by atoms with Crippen molar-refractivity contribution in [3.8, 4) is 0 Å². The maximum Gasteiger partial charge on any atom is 0.248 e.